The van der Waals surface area contributed by atoms with E-state index < -0.39 is 5.97 Å². The summed E-state index contributed by atoms with van der Waals surface area (Å²) in [4.78, 5) is 21.4. The standard InChI is InChI=1S/C19H18FN3O4S/c1-25-19(24)16-9-13-17(21-10-22-18(13)28-16)23-14-3-2-11(20)8-15(14)27-12-4-6-26-7-5-12/h2-3,8-10,12H,4-7H2,1H3,(H,21,22,23). The fraction of sp³-hybridized carbons (Fsp3) is 0.316. The van der Waals surface area contributed by atoms with Crippen LogP contribution in [0.2, 0.25) is 0 Å². The van der Waals surface area contributed by atoms with Crippen molar-refractivity contribution < 1.29 is 23.4 Å². The third kappa shape index (κ3) is 3.90. The summed E-state index contributed by atoms with van der Waals surface area (Å²) in [7, 11) is 1.33. The van der Waals surface area contributed by atoms with Gasteiger partial charge >= 0.3 is 5.97 Å². The highest BCUT2D eigenvalue weighted by atomic mass is 32.1. The molecule has 0 atom stereocenters. The Bertz CT molecular complexity index is 1000. The highest BCUT2D eigenvalue weighted by molar-refractivity contribution is 7.20. The van der Waals surface area contributed by atoms with Crippen LogP contribution in [-0.2, 0) is 9.47 Å². The third-order valence-electron chi connectivity index (χ3n) is 4.37. The number of methoxy groups -OCH3 is 1. The molecule has 1 aromatic carbocycles. The maximum Gasteiger partial charge on any atom is 0.348 e. The van der Waals surface area contributed by atoms with Crippen molar-refractivity contribution in [2.75, 3.05) is 25.6 Å². The topological polar surface area (TPSA) is 82.6 Å². The van der Waals surface area contributed by atoms with Crippen molar-refractivity contribution in [3.63, 3.8) is 0 Å². The van der Waals surface area contributed by atoms with Crippen molar-refractivity contribution in [1.29, 1.82) is 0 Å². The van der Waals surface area contributed by atoms with Crippen molar-refractivity contribution in [3.05, 3.63) is 41.3 Å². The van der Waals surface area contributed by atoms with Crippen LogP contribution in [0.25, 0.3) is 10.2 Å². The number of halogens is 1. The van der Waals surface area contributed by atoms with Gasteiger partial charge in [-0.15, -0.1) is 11.3 Å². The number of aromatic nitrogens is 2. The molecule has 0 radical (unpaired) electrons. The molecule has 1 N–H and O–H groups in total. The zero-order valence-corrected chi connectivity index (χ0v) is 15.9. The van der Waals surface area contributed by atoms with Crippen LogP contribution in [0.4, 0.5) is 15.9 Å². The van der Waals surface area contributed by atoms with Crippen LogP contribution in [0, 0.1) is 5.82 Å². The molecule has 0 aliphatic carbocycles. The quantitative estimate of drug-likeness (QED) is 0.647. The van der Waals surface area contributed by atoms with Gasteiger partial charge < -0.3 is 19.5 Å². The van der Waals surface area contributed by atoms with E-state index in [1.165, 1.54) is 36.9 Å². The fourth-order valence-corrected chi connectivity index (χ4v) is 3.87. The molecule has 0 amide bonds. The Kier molecular flexibility index (Phi) is 5.36. The van der Waals surface area contributed by atoms with E-state index in [-0.39, 0.29) is 11.9 Å². The molecule has 1 aliphatic heterocycles. The van der Waals surface area contributed by atoms with Gasteiger partial charge in [-0.05, 0) is 18.2 Å². The van der Waals surface area contributed by atoms with Gasteiger partial charge in [0.05, 0.1) is 31.4 Å². The van der Waals surface area contributed by atoms with Gasteiger partial charge in [-0.1, -0.05) is 0 Å². The number of esters is 1. The molecule has 2 aromatic heterocycles. The first-order valence-electron chi connectivity index (χ1n) is 8.78. The van der Waals surface area contributed by atoms with Gasteiger partial charge in [0.1, 0.15) is 39.5 Å². The molecule has 28 heavy (non-hydrogen) atoms. The van der Waals surface area contributed by atoms with Gasteiger partial charge in [0, 0.05) is 18.9 Å². The number of hydrogen-bond acceptors (Lipinski definition) is 8. The van der Waals surface area contributed by atoms with Gasteiger partial charge in [0.25, 0.3) is 0 Å². The Hall–Kier alpha value is -2.78. The molecular formula is C19H18FN3O4S. The Labute approximate surface area is 164 Å². The number of anilines is 2. The number of rotatable bonds is 5. The van der Waals surface area contributed by atoms with E-state index >= 15 is 0 Å². The molecule has 1 aliphatic rings. The summed E-state index contributed by atoms with van der Waals surface area (Å²) >= 11 is 1.22. The van der Waals surface area contributed by atoms with Crippen molar-refractivity contribution in [3.8, 4) is 5.75 Å². The lowest BCUT2D eigenvalue weighted by Crippen LogP contribution is -2.26. The monoisotopic (exact) mass is 403 g/mol. The number of benzene rings is 1. The highest BCUT2D eigenvalue weighted by Gasteiger charge is 2.19. The van der Waals surface area contributed by atoms with E-state index in [1.54, 1.807) is 12.1 Å². The van der Waals surface area contributed by atoms with Crippen LogP contribution < -0.4 is 10.1 Å². The smallest absolute Gasteiger partial charge is 0.348 e. The molecule has 9 heteroatoms. The number of thiophene rings is 1. The normalized spacial score (nSPS) is 14.8. The summed E-state index contributed by atoms with van der Waals surface area (Å²) in [5, 5.41) is 3.86. The van der Waals surface area contributed by atoms with Crippen molar-refractivity contribution in [2.24, 2.45) is 0 Å². The van der Waals surface area contributed by atoms with Crippen LogP contribution in [0.5, 0.6) is 5.75 Å². The first-order chi connectivity index (χ1) is 13.6. The van der Waals surface area contributed by atoms with Crippen LogP contribution in [0.3, 0.4) is 0 Å². The number of nitrogens with zero attached hydrogens (tertiary/aromatic N) is 2. The first-order valence-corrected chi connectivity index (χ1v) is 9.59. The minimum absolute atomic E-state index is 0.0337. The summed E-state index contributed by atoms with van der Waals surface area (Å²) in [6.45, 7) is 1.25. The van der Waals surface area contributed by atoms with E-state index in [0.717, 1.165) is 12.8 Å². The minimum atomic E-state index is -0.431. The predicted octanol–water partition coefficient (Wildman–Crippen LogP) is 3.92. The molecule has 0 unspecified atom stereocenters. The van der Waals surface area contributed by atoms with Gasteiger partial charge in [-0.25, -0.2) is 19.2 Å². The average molecular weight is 403 g/mol. The number of hydrogen-bond donors (Lipinski definition) is 1. The second-order valence-electron chi connectivity index (χ2n) is 6.24. The second-order valence-corrected chi connectivity index (χ2v) is 7.27. The molecule has 0 spiro atoms. The van der Waals surface area contributed by atoms with E-state index in [2.05, 4.69) is 15.3 Å². The van der Waals surface area contributed by atoms with Crippen molar-refractivity contribution >= 4 is 39.0 Å². The van der Waals surface area contributed by atoms with Crippen molar-refractivity contribution in [1.82, 2.24) is 9.97 Å². The Morgan fingerprint density at radius 2 is 2.11 bits per heavy atom. The molecule has 3 aromatic rings. The van der Waals surface area contributed by atoms with Crippen molar-refractivity contribution in [2.45, 2.75) is 18.9 Å². The molecular weight excluding hydrogens is 385 g/mol. The SMILES string of the molecule is COC(=O)c1cc2c(Nc3ccc(F)cc3OC3CCOCC3)ncnc2s1. The van der Waals surface area contributed by atoms with E-state index in [0.29, 0.717) is 45.6 Å². The van der Waals surface area contributed by atoms with Crippen LogP contribution in [0.1, 0.15) is 22.5 Å². The Morgan fingerprint density at radius 1 is 1.29 bits per heavy atom. The Balaban J connectivity index is 1.65. The number of nitrogens with one attached hydrogen (secondary N) is 1. The summed E-state index contributed by atoms with van der Waals surface area (Å²) in [6, 6.07) is 5.98. The lowest BCUT2D eigenvalue weighted by atomic mass is 10.1. The number of ether oxygens (including phenoxy) is 3. The minimum Gasteiger partial charge on any atom is -0.488 e. The number of carbonyl (C=O) groups is 1. The largest absolute Gasteiger partial charge is 0.488 e. The fourth-order valence-electron chi connectivity index (χ4n) is 2.95. The average Bonchev–Trinajstić information content (AvgIpc) is 3.15. The summed E-state index contributed by atoms with van der Waals surface area (Å²) in [5.41, 5.74) is 0.582. The lowest BCUT2D eigenvalue weighted by Gasteiger charge is -2.24. The molecule has 0 bridgehead atoms. The van der Waals surface area contributed by atoms with Gasteiger partial charge in [0.15, 0.2) is 0 Å². The first kappa shape index (κ1) is 18.6. The summed E-state index contributed by atoms with van der Waals surface area (Å²) in [6.07, 6.45) is 2.88. The summed E-state index contributed by atoms with van der Waals surface area (Å²) in [5.74, 6) is 0.0881. The predicted molar refractivity (Wildman–Crippen MR) is 103 cm³/mol. The second kappa shape index (κ2) is 8.07. The molecule has 1 fully saturated rings. The van der Waals surface area contributed by atoms with Gasteiger partial charge in [-0.3, -0.25) is 0 Å². The maximum atomic E-state index is 13.8. The van der Waals surface area contributed by atoms with E-state index in [9.17, 15) is 9.18 Å². The molecule has 3 heterocycles. The number of fused-ring (bicyclic) bond motifs is 1. The Morgan fingerprint density at radius 3 is 2.89 bits per heavy atom. The van der Waals surface area contributed by atoms with Gasteiger partial charge in [0.2, 0.25) is 0 Å². The third-order valence-corrected chi connectivity index (χ3v) is 5.40. The lowest BCUT2D eigenvalue weighted by molar-refractivity contribution is 0.0257. The zero-order valence-electron chi connectivity index (χ0n) is 15.1. The van der Waals surface area contributed by atoms with Crippen LogP contribution >= 0.6 is 11.3 Å². The van der Waals surface area contributed by atoms with Crippen LogP contribution in [-0.4, -0.2) is 42.4 Å². The van der Waals surface area contributed by atoms with Crippen LogP contribution in [0.15, 0.2) is 30.6 Å². The zero-order chi connectivity index (χ0) is 19.5. The summed E-state index contributed by atoms with van der Waals surface area (Å²) < 4.78 is 29.9. The molecule has 7 nitrogen and oxygen atoms in total. The molecule has 1 saturated heterocycles. The number of carbonyl (C=O) groups excluding carboxylic acids is 1. The van der Waals surface area contributed by atoms with Gasteiger partial charge in [-0.2, -0.15) is 0 Å². The van der Waals surface area contributed by atoms with E-state index in [1.807, 2.05) is 0 Å². The molecule has 146 valence electrons. The van der Waals surface area contributed by atoms with E-state index in [4.69, 9.17) is 14.2 Å². The highest BCUT2D eigenvalue weighted by Crippen LogP contribution is 2.34. The molecule has 0 saturated carbocycles. The maximum absolute atomic E-state index is 13.8. The molecule has 4 rings (SSSR count).